The summed E-state index contributed by atoms with van der Waals surface area (Å²) < 4.78 is 5.77. The highest BCUT2D eigenvalue weighted by Crippen LogP contribution is 2.24. The minimum Gasteiger partial charge on any atom is -0.489 e. The third kappa shape index (κ3) is 5.47. The van der Waals surface area contributed by atoms with Crippen molar-refractivity contribution in [1.82, 2.24) is 5.32 Å². The summed E-state index contributed by atoms with van der Waals surface area (Å²) in [6.45, 7) is 2.66. The molecule has 2 aromatic rings. The number of rotatable bonds is 6. The van der Waals surface area contributed by atoms with Crippen LogP contribution in [0, 0.1) is 17.2 Å². The fourth-order valence-electron chi connectivity index (χ4n) is 3.49. The van der Waals surface area contributed by atoms with Crippen LogP contribution in [0.1, 0.15) is 43.7 Å². The molecule has 1 amide bonds. The van der Waals surface area contributed by atoms with Crippen molar-refractivity contribution in [2.24, 2.45) is 5.92 Å². The smallest absolute Gasteiger partial charge is 0.262 e. The molecule has 4 nitrogen and oxygen atoms in total. The summed E-state index contributed by atoms with van der Waals surface area (Å²) >= 11 is 0. The highest BCUT2D eigenvalue weighted by molar-refractivity contribution is 6.01. The maximum absolute atomic E-state index is 12.5. The lowest BCUT2D eigenvalue weighted by atomic mass is 9.86. The third-order valence-corrected chi connectivity index (χ3v) is 5.23. The summed E-state index contributed by atoms with van der Waals surface area (Å²) in [6, 6.07) is 19.6. The SMILES string of the molecule is C[C@@H]1CCCC[C@@H]1NC(=O)/C(C#N)=C/c1ccc(OCc2ccccc2)cc1. The summed E-state index contributed by atoms with van der Waals surface area (Å²) in [5, 5.41) is 12.4. The average Bonchev–Trinajstić information content (AvgIpc) is 2.73. The molecule has 28 heavy (non-hydrogen) atoms. The van der Waals surface area contributed by atoms with E-state index >= 15 is 0 Å². The first-order valence-corrected chi connectivity index (χ1v) is 9.85. The van der Waals surface area contributed by atoms with E-state index in [0.29, 0.717) is 12.5 Å². The van der Waals surface area contributed by atoms with Crippen molar-refractivity contribution in [3.8, 4) is 11.8 Å². The quantitative estimate of drug-likeness (QED) is 0.580. The molecule has 2 atom stereocenters. The van der Waals surface area contributed by atoms with Crippen molar-refractivity contribution < 1.29 is 9.53 Å². The van der Waals surface area contributed by atoms with E-state index in [9.17, 15) is 10.1 Å². The molecule has 3 rings (SSSR count). The van der Waals surface area contributed by atoms with Gasteiger partial charge in [-0.3, -0.25) is 4.79 Å². The minimum atomic E-state index is -0.286. The number of ether oxygens (including phenoxy) is 1. The maximum Gasteiger partial charge on any atom is 0.262 e. The lowest BCUT2D eigenvalue weighted by Crippen LogP contribution is -2.41. The number of benzene rings is 2. The number of nitrogens with one attached hydrogen (secondary N) is 1. The van der Waals surface area contributed by atoms with Crippen molar-refractivity contribution in [3.63, 3.8) is 0 Å². The molecule has 4 heteroatoms. The number of nitriles is 1. The van der Waals surface area contributed by atoms with Gasteiger partial charge in [0.05, 0.1) is 0 Å². The van der Waals surface area contributed by atoms with Crippen LogP contribution in [-0.4, -0.2) is 11.9 Å². The van der Waals surface area contributed by atoms with Crippen molar-refractivity contribution in [1.29, 1.82) is 5.26 Å². The summed E-state index contributed by atoms with van der Waals surface area (Å²) in [5.74, 6) is 0.921. The summed E-state index contributed by atoms with van der Waals surface area (Å²) in [7, 11) is 0. The molecule has 1 saturated carbocycles. The van der Waals surface area contributed by atoms with Gasteiger partial charge >= 0.3 is 0 Å². The second kappa shape index (κ2) is 9.75. The van der Waals surface area contributed by atoms with Gasteiger partial charge < -0.3 is 10.1 Å². The summed E-state index contributed by atoms with van der Waals surface area (Å²) in [4.78, 5) is 12.5. The normalized spacial score (nSPS) is 19.5. The number of amides is 1. The van der Waals surface area contributed by atoms with Gasteiger partial charge in [-0.2, -0.15) is 5.26 Å². The van der Waals surface area contributed by atoms with Crippen LogP contribution < -0.4 is 10.1 Å². The first kappa shape index (κ1) is 19.7. The fraction of sp³-hybridized carbons (Fsp3) is 0.333. The van der Waals surface area contributed by atoms with Crippen LogP contribution in [0.25, 0.3) is 6.08 Å². The van der Waals surface area contributed by atoms with Gasteiger partial charge in [0, 0.05) is 6.04 Å². The Bertz CT molecular complexity index is 850. The molecular formula is C24H26N2O2. The molecule has 1 N–H and O–H groups in total. The van der Waals surface area contributed by atoms with Crippen molar-refractivity contribution in [2.75, 3.05) is 0 Å². The zero-order valence-corrected chi connectivity index (χ0v) is 16.2. The highest BCUT2D eigenvalue weighted by Gasteiger charge is 2.24. The molecule has 0 radical (unpaired) electrons. The Balaban J connectivity index is 1.60. The van der Waals surface area contributed by atoms with Crippen LogP contribution in [-0.2, 0) is 11.4 Å². The zero-order valence-electron chi connectivity index (χ0n) is 16.2. The van der Waals surface area contributed by atoms with Gasteiger partial charge in [-0.25, -0.2) is 0 Å². The van der Waals surface area contributed by atoms with Crippen LogP contribution in [0.4, 0.5) is 0 Å². The third-order valence-electron chi connectivity index (χ3n) is 5.23. The van der Waals surface area contributed by atoms with Gasteiger partial charge in [0.2, 0.25) is 0 Å². The maximum atomic E-state index is 12.5. The van der Waals surface area contributed by atoms with E-state index in [1.165, 1.54) is 6.42 Å². The molecule has 0 spiro atoms. The Morgan fingerprint density at radius 3 is 2.54 bits per heavy atom. The molecule has 0 saturated heterocycles. The van der Waals surface area contributed by atoms with Gasteiger partial charge in [0.15, 0.2) is 0 Å². The van der Waals surface area contributed by atoms with E-state index in [4.69, 9.17) is 4.74 Å². The van der Waals surface area contributed by atoms with Gasteiger partial charge in [-0.15, -0.1) is 0 Å². The number of hydrogen-bond donors (Lipinski definition) is 1. The second-order valence-electron chi connectivity index (χ2n) is 7.35. The minimum absolute atomic E-state index is 0.135. The van der Waals surface area contributed by atoms with Gasteiger partial charge in [-0.1, -0.05) is 62.2 Å². The summed E-state index contributed by atoms with van der Waals surface area (Å²) in [6.07, 6.45) is 6.09. The van der Waals surface area contributed by atoms with Crippen LogP contribution in [0.3, 0.4) is 0 Å². The standard InChI is InChI=1S/C24H26N2O2/c1-18-7-5-6-10-23(18)26-24(27)21(16-25)15-19-11-13-22(14-12-19)28-17-20-8-3-2-4-9-20/h2-4,8-9,11-15,18,23H,5-7,10,17H2,1H3,(H,26,27)/b21-15+/t18-,23+/m1/s1. The molecule has 0 unspecified atom stereocenters. The molecule has 0 aliphatic heterocycles. The summed E-state index contributed by atoms with van der Waals surface area (Å²) in [5.41, 5.74) is 2.04. The zero-order chi connectivity index (χ0) is 19.8. The van der Waals surface area contributed by atoms with Gasteiger partial charge in [0.1, 0.15) is 24.0 Å². The molecule has 0 aromatic heterocycles. The number of hydrogen-bond acceptors (Lipinski definition) is 3. The fourth-order valence-corrected chi connectivity index (χ4v) is 3.49. The van der Waals surface area contributed by atoms with E-state index in [1.54, 1.807) is 6.08 Å². The van der Waals surface area contributed by atoms with Crippen molar-refractivity contribution in [3.05, 3.63) is 71.3 Å². The van der Waals surface area contributed by atoms with Crippen LogP contribution in [0.2, 0.25) is 0 Å². The predicted octanol–water partition coefficient (Wildman–Crippen LogP) is 4.87. The van der Waals surface area contributed by atoms with E-state index in [2.05, 4.69) is 12.2 Å². The number of nitrogens with zero attached hydrogens (tertiary/aromatic N) is 1. The number of carbonyl (C=O) groups is 1. The Morgan fingerprint density at radius 1 is 1.14 bits per heavy atom. The molecule has 1 aliphatic rings. The van der Waals surface area contributed by atoms with Gasteiger partial charge in [0.25, 0.3) is 5.91 Å². The molecular weight excluding hydrogens is 348 g/mol. The van der Waals surface area contributed by atoms with E-state index in [-0.39, 0.29) is 17.5 Å². The van der Waals surface area contributed by atoms with Crippen LogP contribution in [0.5, 0.6) is 5.75 Å². The molecule has 1 fully saturated rings. The van der Waals surface area contributed by atoms with E-state index in [0.717, 1.165) is 36.1 Å². The number of carbonyl (C=O) groups excluding carboxylic acids is 1. The Hall–Kier alpha value is -3.06. The lowest BCUT2D eigenvalue weighted by molar-refractivity contribution is -0.118. The topological polar surface area (TPSA) is 62.1 Å². The first-order chi connectivity index (χ1) is 13.7. The first-order valence-electron chi connectivity index (χ1n) is 9.85. The monoisotopic (exact) mass is 374 g/mol. The largest absolute Gasteiger partial charge is 0.489 e. The van der Waals surface area contributed by atoms with E-state index < -0.39 is 0 Å². The Morgan fingerprint density at radius 2 is 1.86 bits per heavy atom. The molecule has 144 valence electrons. The molecule has 0 heterocycles. The highest BCUT2D eigenvalue weighted by atomic mass is 16.5. The van der Waals surface area contributed by atoms with Gasteiger partial charge in [-0.05, 0) is 48.1 Å². The van der Waals surface area contributed by atoms with E-state index in [1.807, 2.05) is 60.7 Å². The lowest BCUT2D eigenvalue weighted by Gasteiger charge is -2.29. The molecule has 2 aromatic carbocycles. The van der Waals surface area contributed by atoms with Crippen LogP contribution in [0.15, 0.2) is 60.2 Å². The Kier molecular flexibility index (Phi) is 6.86. The molecule has 0 bridgehead atoms. The van der Waals surface area contributed by atoms with Crippen molar-refractivity contribution >= 4 is 12.0 Å². The molecule has 1 aliphatic carbocycles. The van der Waals surface area contributed by atoms with Crippen molar-refractivity contribution in [2.45, 2.75) is 45.3 Å². The second-order valence-corrected chi connectivity index (χ2v) is 7.35. The van der Waals surface area contributed by atoms with Crippen LogP contribution >= 0.6 is 0 Å². The Labute approximate surface area is 166 Å². The predicted molar refractivity (Wildman–Crippen MR) is 110 cm³/mol. The average molecular weight is 374 g/mol.